The molecule has 0 aliphatic rings. The van der Waals surface area contributed by atoms with Crippen LogP contribution in [0.4, 0.5) is 5.69 Å². The number of aryl methyl sites for hydroxylation is 1. The summed E-state index contributed by atoms with van der Waals surface area (Å²) in [5.74, 6) is -0.335. The molecule has 0 atom stereocenters. The zero-order valence-corrected chi connectivity index (χ0v) is 15.7. The molecule has 0 bridgehead atoms. The molecule has 0 aliphatic heterocycles. The lowest BCUT2D eigenvalue weighted by Crippen LogP contribution is -2.24. The van der Waals surface area contributed by atoms with Crippen molar-refractivity contribution in [3.05, 3.63) is 59.7 Å². The van der Waals surface area contributed by atoms with Gasteiger partial charge >= 0.3 is 5.97 Å². The summed E-state index contributed by atoms with van der Waals surface area (Å²) in [5.41, 5.74) is 2.54. The zero-order valence-electron chi connectivity index (χ0n) is 15.7. The third-order valence-electron chi connectivity index (χ3n) is 3.82. The maximum atomic E-state index is 11.9. The summed E-state index contributed by atoms with van der Waals surface area (Å²) in [4.78, 5) is 23.8. The highest BCUT2D eigenvalue weighted by Crippen LogP contribution is 2.30. The molecule has 5 heteroatoms. The fourth-order valence-electron chi connectivity index (χ4n) is 2.44. The SMILES string of the molecule is Cc1ccccc1NC(=O)COC(=O)COc1ccccc1C(C)(C)C. The molecule has 2 aromatic rings. The van der Waals surface area contributed by atoms with Crippen molar-refractivity contribution in [2.75, 3.05) is 18.5 Å². The number of para-hydroxylation sites is 2. The number of hydrogen-bond acceptors (Lipinski definition) is 4. The Morgan fingerprint density at radius 3 is 2.31 bits per heavy atom. The lowest BCUT2D eigenvalue weighted by Gasteiger charge is -2.22. The number of ether oxygens (including phenoxy) is 2. The number of rotatable bonds is 6. The number of hydrogen-bond donors (Lipinski definition) is 1. The van der Waals surface area contributed by atoms with E-state index in [2.05, 4.69) is 26.1 Å². The summed E-state index contributed by atoms with van der Waals surface area (Å²) in [6, 6.07) is 15.0. The molecule has 0 radical (unpaired) electrons. The number of benzene rings is 2. The molecule has 0 aromatic heterocycles. The Morgan fingerprint density at radius 2 is 1.62 bits per heavy atom. The summed E-state index contributed by atoms with van der Waals surface area (Å²) in [6.07, 6.45) is 0. The highest BCUT2D eigenvalue weighted by atomic mass is 16.6. The Hall–Kier alpha value is -2.82. The van der Waals surface area contributed by atoms with Gasteiger partial charge in [-0.25, -0.2) is 4.79 Å². The Morgan fingerprint density at radius 1 is 0.962 bits per heavy atom. The summed E-state index contributed by atoms with van der Waals surface area (Å²) in [5, 5.41) is 2.71. The number of amides is 1. The van der Waals surface area contributed by atoms with Crippen molar-refractivity contribution >= 4 is 17.6 Å². The van der Waals surface area contributed by atoms with Gasteiger partial charge in [0, 0.05) is 5.69 Å². The number of carbonyl (C=O) groups excluding carboxylic acids is 2. The van der Waals surface area contributed by atoms with Crippen LogP contribution in [0, 0.1) is 6.92 Å². The minimum Gasteiger partial charge on any atom is -0.482 e. The van der Waals surface area contributed by atoms with Crippen molar-refractivity contribution in [2.24, 2.45) is 0 Å². The maximum Gasteiger partial charge on any atom is 0.344 e. The normalized spacial score (nSPS) is 10.9. The van der Waals surface area contributed by atoms with Gasteiger partial charge in [0.05, 0.1) is 0 Å². The van der Waals surface area contributed by atoms with E-state index < -0.39 is 5.97 Å². The zero-order chi connectivity index (χ0) is 19.2. The van der Waals surface area contributed by atoms with Crippen LogP contribution in [0.3, 0.4) is 0 Å². The van der Waals surface area contributed by atoms with E-state index in [1.54, 1.807) is 6.07 Å². The smallest absolute Gasteiger partial charge is 0.344 e. The molecule has 0 unspecified atom stereocenters. The standard InChI is InChI=1S/C21H25NO4/c1-15-9-5-7-11-17(15)22-19(23)13-26-20(24)14-25-18-12-8-6-10-16(18)21(2,3)4/h5-12H,13-14H2,1-4H3,(H,22,23). The number of esters is 1. The molecule has 0 saturated carbocycles. The maximum absolute atomic E-state index is 11.9. The predicted molar refractivity (Wildman–Crippen MR) is 101 cm³/mol. The van der Waals surface area contributed by atoms with Crippen molar-refractivity contribution in [1.82, 2.24) is 0 Å². The molecule has 0 aliphatic carbocycles. The van der Waals surface area contributed by atoms with E-state index in [4.69, 9.17) is 9.47 Å². The first kappa shape index (κ1) is 19.5. The molecule has 0 spiro atoms. The van der Waals surface area contributed by atoms with Gasteiger partial charge in [0.1, 0.15) is 5.75 Å². The Labute approximate surface area is 154 Å². The van der Waals surface area contributed by atoms with E-state index in [0.29, 0.717) is 11.4 Å². The average Bonchev–Trinajstić information content (AvgIpc) is 2.59. The monoisotopic (exact) mass is 355 g/mol. The van der Waals surface area contributed by atoms with Gasteiger partial charge in [-0.15, -0.1) is 0 Å². The highest BCUT2D eigenvalue weighted by molar-refractivity contribution is 5.93. The Kier molecular flexibility index (Phi) is 6.39. The topological polar surface area (TPSA) is 64.6 Å². The van der Waals surface area contributed by atoms with Gasteiger partial charge in [-0.05, 0) is 35.6 Å². The van der Waals surface area contributed by atoms with Crippen molar-refractivity contribution in [2.45, 2.75) is 33.1 Å². The van der Waals surface area contributed by atoms with Gasteiger partial charge in [0.25, 0.3) is 5.91 Å². The lowest BCUT2D eigenvalue weighted by atomic mass is 9.86. The van der Waals surface area contributed by atoms with Gasteiger partial charge in [-0.3, -0.25) is 4.79 Å². The van der Waals surface area contributed by atoms with Crippen LogP contribution < -0.4 is 10.1 Å². The molecular formula is C21H25NO4. The number of anilines is 1. The van der Waals surface area contributed by atoms with Crippen LogP contribution in [0.5, 0.6) is 5.75 Å². The number of carbonyl (C=O) groups is 2. The largest absolute Gasteiger partial charge is 0.482 e. The van der Waals surface area contributed by atoms with E-state index >= 15 is 0 Å². The predicted octanol–water partition coefficient (Wildman–Crippen LogP) is 3.85. The molecular weight excluding hydrogens is 330 g/mol. The fourth-order valence-corrected chi connectivity index (χ4v) is 2.44. The fraction of sp³-hybridized carbons (Fsp3) is 0.333. The minimum atomic E-state index is -0.589. The second-order valence-electron chi connectivity index (χ2n) is 7.06. The van der Waals surface area contributed by atoms with E-state index in [1.807, 2.05) is 49.4 Å². The highest BCUT2D eigenvalue weighted by Gasteiger charge is 2.19. The molecule has 2 rings (SSSR count). The second-order valence-corrected chi connectivity index (χ2v) is 7.06. The van der Waals surface area contributed by atoms with Gasteiger partial charge in [0.2, 0.25) is 0 Å². The quantitative estimate of drug-likeness (QED) is 0.799. The van der Waals surface area contributed by atoms with Gasteiger partial charge in [0.15, 0.2) is 13.2 Å². The van der Waals surface area contributed by atoms with Crippen LogP contribution >= 0.6 is 0 Å². The second kappa shape index (κ2) is 8.52. The summed E-state index contributed by atoms with van der Waals surface area (Å²) >= 11 is 0. The molecule has 138 valence electrons. The molecule has 26 heavy (non-hydrogen) atoms. The van der Waals surface area contributed by atoms with Crippen molar-refractivity contribution in [3.63, 3.8) is 0 Å². The molecule has 0 saturated heterocycles. The Bertz CT molecular complexity index is 778. The molecule has 1 N–H and O–H groups in total. The summed E-state index contributed by atoms with van der Waals surface area (Å²) < 4.78 is 10.6. The molecule has 0 fully saturated rings. The van der Waals surface area contributed by atoms with Crippen LogP contribution in [-0.4, -0.2) is 25.1 Å². The molecule has 2 aromatic carbocycles. The van der Waals surface area contributed by atoms with Gasteiger partial charge in [-0.2, -0.15) is 0 Å². The third kappa shape index (κ3) is 5.62. The average molecular weight is 355 g/mol. The van der Waals surface area contributed by atoms with Gasteiger partial charge < -0.3 is 14.8 Å². The number of nitrogens with one attached hydrogen (secondary N) is 1. The van der Waals surface area contributed by atoms with Crippen LogP contribution in [0.25, 0.3) is 0 Å². The van der Waals surface area contributed by atoms with Crippen molar-refractivity contribution in [3.8, 4) is 5.75 Å². The van der Waals surface area contributed by atoms with Crippen LogP contribution in [0.15, 0.2) is 48.5 Å². The van der Waals surface area contributed by atoms with Crippen LogP contribution in [0.1, 0.15) is 31.9 Å². The Balaban J connectivity index is 1.83. The van der Waals surface area contributed by atoms with E-state index in [-0.39, 0.29) is 24.5 Å². The van der Waals surface area contributed by atoms with Gasteiger partial charge in [-0.1, -0.05) is 57.2 Å². The summed E-state index contributed by atoms with van der Waals surface area (Å²) in [7, 11) is 0. The minimum absolute atomic E-state index is 0.103. The molecule has 1 amide bonds. The van der Waals surface area contributed by atoms with E-state index in [9.17, 15) is 9.59 Å². The van der Waals surface area contributed by atoms with Crippen LogP contribution in [0.2, 0.25) is 0 Å². The third-order valence-corrected chi connectivity index (χ3v) is 3.82. The summed E-state index contributed by atoms with van der Waals surface area (Å²) in [6.45, 7) is 7.51. The lowest BCUT2D eigenvalue weighted by molar-refractivity contribution is -0.149. The van der Waals surface area contributed by atoms with Crippen molar-refractivity contribution < 1.29 is 19.1 Å². The van der Waals surface area contributed by atoms with Crippen molar-refractivity contribution in [1.29, 1.82) is 0 Å². The first-order chi connectivity index (χ1) is 12.3. The van der Waals surface area contributed by atoms with Crippen LogP contribution in [-0.2, 0) is 19.7 Å². The van der Waals surface area contributed by atoms with E-state index in [0.717, 1.165) is 11.1 Å². The molecule has 0 heterocycles. The van der Waals surface area contributed by atoms with E-state index in [1.165, 1.54) is 0 Å². The first-order valence-electron chi connectivity index (χ1n) is 8.51. The molecule has 5 nitrogen and oxygen atoms in total. The first-order valence-corrected chi connectivity index (χ1v) is 8.51.